The minimum Gasteiger partial charge on any atom is -0.486 e. The summed E-state index contributed by atoms with van der Waals surface area (Å²) in [5, 5.41) is 4.00. The smallest absolute Gasteiger partial charge is 0.274 e. The molecule has 3 aromatic rings. The SMILES string of the molecule is CC1(C)Cc2cccc(C(=O)NC[C@@H]3[C@@H]4C[C@@H]4CN3C(=O)c3nc(N)sc3-c3cccc(Cl)c3)c2O1. The monoisotopic (exact) mass is 522 g/mol. The second-order valence-corrected chi connectivity index (χ2v) is 11.9. The van der Waals surface area contributed by atoms with E-state index in [0.717, 1.165) is 24.0 Å². The molecule has 0 bridgehead atoms. The van der Waals surface area contributed by atoms with Crippen molar-refractivity contribution in [2.24, 2.45) is 11.8 Å². The van der Waals surface area contributed by atoms with E-state index in [1.807, 2.05) is 49.1 Å². The lowest BCUT2D eigenvalue weighted by Gasteiger charge is -2.27. The average molecular weight is 523 g/mol. The summed E-state index contributed by atoms with van der Waals surface area (Å²) in [6.45, 7) is 5.08. The summed E-state index contributed by atoms with van der Waals surface area (Å²) < 4.78 is 6.08. The third-order valence-electron chi connectivity index (χ3n) is 7.30. The summed E-state index contributed by atoms with van der Waals surface area (Å²) in [4.78, 5) is 33.8. The molecule has 0 unspecified atom stereocenters. The predicted octanol–water partition coefficient (Wildman–Crippen LogP) is 4.65. The van der Waals surface area contributed by atoms with Crippen LogP contribution in [0.4, 0.5) is 5.13 Å². The van der Waals surface area contributed by atoms with Gasteiger partial charge < -0.3 is 20.7 Å². The molecule has 2 aromatic carbocycles. The second-order valence-electron chi connectivity index (χ2n) is 10.5. The van der Waals surface area contributed by atoms with Crippen molar-refractivity contribution in [2.75, 3.05) is 18.8 Å². The van der Waals surface area contributed by atoms with Gasteiger partial charge in [-0.15, -0.1) is 0 Å². The van der Waals surface area contributed by atoms with E-state index in [1.54, 1.807) is 12.1 Å². The molecular formula is C27H27ClN4O3S. The number of amides is 2. The van der Waals surface area contributed by atoms with Crippen molar-refractivity contribution >= 4 is 39.9 Å². The third-order valence-corrected chi connectivity index (χ3v) is 8.47. The Morgan fingerprint density at radius 1 is 1.28 bits per heavy atom. The molecule has 0 spiro atoms. The van der Waals surface area contributed by atoms with Crippen LogP contribution in [0.15, 0.2) is 42.5 Å². The molecule has 1 aliphatic carbocycles. The first-order valence-corrected chi connectivity index (χ1v) is 13.3. The van der Waals surface area contributed by atoms with Crippen molar-refractivity contribution in [1.82, 2.24) is 15.2 Å². The number of thiazole rings is 1. The molecule has 186 valence electrons. The van der Waals surface area contributed by atoms with E-state index >= 15 is 0 Å². The van der Waals surface area contributed by atoms with Gasteiger partial charge in [-0.1, -0.05) is 47.2 Å². The van der Waals surface area contributed by atoms with Crippen molar-refractivity contribution in [3.63, 3.8) is 0 Å². The first kappa shape index (κ1) is 23.3. The summed E-state index contributed by atoms with van der Waals surface area (Å²) in [5.41, 5.74) is 8.43. The molecule has 3 heterocycles. The van der Waals surface area contributed by atoms with Gasteiger partial charge >= 0.3 is 0 Å². The lowest BCUT2D eigenvalue weighted by atomic mass is 10.0. The van der Waals surface area contributed by atoms with Crippen LogP contribution in [0, 0.1) is 11.8 Å². The lowest BCUT2D eigenvalue weighted by Crippen LogP contribution is -2.45. The Bertz CT molecular complexity index is 1390. The number of para-hydroxylation sites is 1. The molecule has 1 saturated heterocycles. The highest BCUT2D eigenvalue weighted by atomic mass is 35.5. The van der Waals surface area contributed by atoms with Gasteiger partial charge in [0.2, 0.25) is 0 Å². The van der Waals surface area contributed by atoms with E-state index in [0.29, 0.717) is 57.0 Å². The van der Waals surface area contributed by atoms with Gasteiger partial charge in [0.05, 0.1) is 16.5 Å². The van der Waals surface area contributed by atoms with Gasteiger partial charge in [-0.05, 0) is 61.4 Å². The molecule has 2 amide bonds. The average Bonchev–Trinajstić information content (AvgIpc) is 3.17. The molecule has 3 N–H and O–H groups in total. The number of ether oxygens (including phenoxy) is 1. The van der Waals surface area contributed by atoms with Crippen molar-refractivity contribution in [3.8, 4) is 16.2 Å². The maximum Gasteiger partial charge on any atom is 0.274 e. The highest BCUT2D eigenvalue weighted by Crippen LogP contribution is 2.50. The normalized spacial score (nSPS) is 23.1. The molecule has 2 fully saturated rings. The van der Waals surface area contributed by atoms with Crippen LogP contribution in [0.25, 0.3) is 10.4 Å². The molecule has 1 saturated carbocycles. The molecule has 0 radical (unpaired) electrons. The van der Waals surface area contributed by atoms with Crippen LogP contribution in [0.1, 0.15) is 46.7 Å². The third kappa shape index (κ3) is 4.12. The number of benzene rings is 2. The standard InChI is InChI=1S/C27H27ClN4O3S/c1-27(2)11-15-6-4-8-18(22(15)35-27)24(33)30-12-20-19-10-16(19)13-32(20)25(34)21-23(36-26(29)31-21)14-5-3-7-17(28)9-14/h3-9,16,19-20H,10-13H2,1-2H3,(H2,29,31)(H,30,33)/t16-,19-,20-/m1/s1. The Morgan fingerprint density at radius 2 is 2.08 bits per heavy atom. The van der Waals surface area contributed by atoms with Crippen LogP contribution in [0.5, 0.6) is 5.75 Å². The summed E-state index contributed by atoms with van der Waals surface area (Å²) in [7, 11) is 0. The maximum absolute atomic E-state index is 13.7. The van der Waals surface area contributed by atoms with Gasteiger partial charge in [0.25, 0.3) is 11.8 Å². The fourth-order valence-corrected chi connectivity index (χ4v) is 6.61. The van der Waals surface area contributed by atoms with Crippen molar-refractivity contribution in [1.29, 1.82) is 0 Å². The zero-order valence-electron chi connectivity index (χ0n) is 20.1. The summed E-state index contributed by atoms with van der Waals surface area (Å²) in [5.74, 6) is 1.17. The van der Waals surface area contributed by atoms with Crippen LogP contribution in [-0.4, -0.2) is 46.4 Å². The second kappa shape index (κ2) is 8.49. The molecule has 36 heavy (non-hydrogen) atoms. The fraction of sp³-hybridized carbons (Fsp3) is 0.370. The van der Waals surface area contributed by atoms with E-state index in [2.05, 4.69) is 10.3 Å². The Hall–Kier alpha value is -3.10. The molecule has 7 nitrogen and oxygen atoms in total. The summed E-state index contributed by atoms with van der Waals surface area (Å²) >= 11 is 7.47. The van der Waals surface area contributed by atoms with Crippen LogP contribution in [0.3, 0.4) is 0 Å². The van der Waals surface area contributed by atoms with E-state index in [4.69, 9.17) is 22.1 Å². The lowest BCUT2D eigenvalue weighted by molar-refractivity contribution is 0.0689. The molecule has 6 rings (SSSR count). The molecule has 3 atom stereocenters. The van der Waals surface area contributed by atoms with Crippen LogP contribution >= 0.6 is 22.9 Å². The number of nitrogens with two attached hydrogens (primary N) is 1. The van der Waals surface area contributed by atoms with Crippen LogP contribution < -0.4 is 15.8 Å². The number of anilines is 1. The number of halogens is 1. The van der Waals surface area contributed by atoms with Crippen LogP contribution in [-0.2, 0) is 6.42 Å². The van der Waals surface area contributed by atoms with Gasteiger partial charge in [-0.2, -0.15) is 0 Å². The highest BCUT2D eigenvalue weighted by Gasteiger charge is 2.54. The number of piperidine rings is 1. The number of carbonyl (C=O) groups is 2. The highest BCUT2D eigenvalue weighted by molar-refractivity contribution is 7.19. The number of nitrogen functional groups attached to an aromatic ring is 1. The van der Waals surface area contributed by atoms with Gasteiger partial charge in [-0.3, -0.25) is 9.59 Å². The van der Waals surface area contributed by atoms with Gasteiger partial charge in [0.1, 0.15) is 17.0 Å². The van der Waals surface area contributed by atoms with Crippen molar-refractivity contribution in [3.05, 3.63) is 64.3 Å². The van der Waals surface area contributed by atoms with Gasteiger partial charge in [0, 0.05) is 24.5 Å². The topological polar surface area (TPSA) is 97.6 Å². The molecular weight excluding hydrogens is 496 g/mol. The van der Waals surface area contributed by atoms with E-state index < -0.39 is 0 Å². The quantitative estimate of drug-likeness (QED) is 0.508. The number of rotatable bonds is 5. The van der Waals surface area contributed by atoms with Gasteiger partial charge in [-0.25, -0.2) is 4.98 Å². The summed E-state index contributed by atoms with van der Waals surface area (Å²) in [6.07, 6.45) is 1.84. The van der Waals surface area contributed by atoms with Gasteiger partial charge in [0.15, 0.2) is 5.13 Å². The summed E-state index contributed by atoms with van der Waals surface area (Å²) in [6, 6.07) is 12.9. The molecule has 9 heteroatoms. The Kier molecular flexibility index (Phi) is 5.50. The largest absolute Gasteiger partial charge is 0.486 e. The first-order chi connectivity index (χ1) is 17.2. The zero-order valence-corrected chi connectivity index (χ0v) is 21.7. The Labute approximate surface area is 218 Å². The number of likely N-dealkylation sites (tertiary alicyclic amines) is 1. The first-order valence-electron chi connectivity index (χ1n) is 12.1. The van der Waals surface area contributed by atoms with E-state index in [1.165, 1.54) is 11.3 Å². The Morgan fingerprint density at radius 3 is 2.89 bits per heavy atom. The number of nitrogens with one attached hydrogen (secondary N) is 1. The predicted molar refractivity (Wildman–Crippen MR) is 141 cm³/mol. The zero-order chi connectivity index (χ0) is 25.2. The molecule has 1 aromatic heterocycles. The molecule has 2 aliphatic heterocycles. The van der Waals surface area contributed by atoms with Crippen molar-refractivity contribution < 1.29 is 14.3 Å². The number of carbonyl (C=O) groups excluding carboxylic acids is 2. The minimum atomic E-state index is -0.329. The number of fused-ring (bicyclic) bond motifs is 2. The molecule has 3 aliphatic rings. The Balaban J connectivity index is 1.21. The number of hydrogen-bond acceptors (Lipinski definition) is 6. The van der Waals surface area contributed by atoms with E-state index in [9.17, 15) is 9.59 Å². The number of nitrogens with zero attached hydrogens (tertiary/aromatic N) is 2. The fourth-order valence-electron chi connectivity index (χ4n) is 5.60. The minimum absolute atomic E-state index is 0.0873. The van der Waals surface area contributed by atoms with Crippen LogP contribution in [0.2, 0.25) is 5.02 Å². The van der Waals surface area contributed by atoms with Crippen molar-refractivity contribution in [2.45, 2.75) is 38.3 Å². The number of hydrogen-bond donors (Lipinski definition) is 2. The number of aromatic nitrogens is 1. The van der Waals surface area contributed by atoms with E-state index in [-0.39, 0.29) is 23.5 Å². The maximum atomic E-state index is 13.7.